The van der Waals surface area contributed by atoms with Crippen molar-refractivity contribution >= 4 is 21.7 Å². The minimum Gasteiger partial charge on any atom is -0.495 e. The molecule has 2 aromatic carbocycles. The Morgan fingerprint density at radius 3 is 2.45 bits per heavy atom. The Balaban J connectivity index is 2.50. The summed E-state index contributed by atoms with van der Waals surface area (Å²) in [5, 5.41) is 11.2. The van der Waals surface area contributed by atoms with Crippen molar-refractivity contribution in [1.29, 1.82) is 0 Å². The number of nitrogens with one attached hydrogen (secondary N) is 1. The summed E-state index contributed by atoms with van der Waals surface area (Å²) < 4.78 is 39.2. The highest BCUT2D eigenvalue weighted by molar-refractivity contribution is 7.89. The first-order valence-electron chi connectivity index (χ1n) is 9.69. The molecule has 0 aliphatic heterocycles. The monoisotopic (exact) mass is 450 g/mol. The number of methoxy groups -OCH3 is 1. The van der Waals surface area contributed by atoms with Crippen molar-refractivity contribution < 1.29 is 27.6 Å². The van der Waals surface area contributed by atoms with Gasteiger partial charge in [0, 0.05) is 12.1 Å². The number of carbonyl (C=O) groups excluding carboxylic acids is 1. The van der Waals surface area contributed by atoms with Crippen LogP contribution < -0.4 is 9.46 Å². The van der Waals surface area contributed by atoms with Gasteiger partial charge in [-0.3, -0.25) is 14.9 Å². The van der Waals surface area contributed by atoms with E-state index in [1.165, 1.54) is 37.4 Å². The summed E-state index contributed by atoms with van der Waals surface area (Å²) in [7, 11) is -2.79. The fraction of sp³-hybridized carbons (Fsp3) is 0.381. The summed E-state index contributed by atoms with van der Waals surface area (Å²) in [6.07, 6.45) is -0.333. The van der Waals surface area contributed by atoms with E-state index in [1.54, 1.807) is 19.1 Å². The van der Waals surface area contributed by atoms with Gasteiger partial charge in [0.25, 0.3) is 5.69 Å². The second-order valence-corrected chi connectivity index (χ2v) is 8.78. The van der Waals surface area contributed by atoms with Crippen molar-refractivity contribution in [2.24, 2.45) is 0 Å². The van der Waals surface area contributed by atoms with Crippen LogP contribution in [0.3, 0.4) is 0 Å². The Hall–Kier alpha value is -2.98. The average Bonchev–Trinajstić information content (AvgIpc) is 2.72. The molecule has 0 spiro atoms. The predicted octanol–water partition coefficient (Wildman–Crippen LogP) is 3.70. The predicted molar refractivity (Wildman–Crippen MR) is 114 cm³/mol. The normalized spacial score (nSPS) is 12.4. The first kappa shape index (κ1) is 24.3. The molecule has 9 nitrogen and oxygen atoms in total. The minimum absolute atomic E-state index is 0.0759. The zero-order chi connectivity index (χ0) is 23.2. The minimum atomic E-state index is -4.15. The molecular weight excluding hydrogens is 424 g/mol. The van der Waals surface area contributed by atoms with Crippen LogP contribution >= 0.6 is 0 Å². The van der Waals surface area contributed by atoms with Crippen molar-refractivity contribution in [2.75, 3.05) is 13.7 Å². The van der Waals surface area contributed by atoms with E-state index in [0.29, 0.717) is 0 Å². The van der Waals surface area contributed by atoms with E-state index in [4.69, 9.17) is 9.47 Å². The Morgan fingerprint density at radius 2 is 1.87 bits per heavy atom. The first-order chi connectivity index (χ1) is 14.6. The lowest BCUT2D eigenvalue weighted by Gasteiger charge is -2.20. The van der Waals surface area contributed by atoms with E-state index in [-0.39, 0.29) is 40.8 Å². The van der Waals surface area contributed by atoms with Gasteiger partial charge in [-0.25, -0.2) is 13.1 Å². The lowest BCUT2D eigenvalue weighted by molar-refractivity contribution is -0.384. The Bertz CT molecular complexity index is 1050. The molecule has 0 amide bonds. The third-order valence-electron chi connectivity index (χ3n) is 4.60. The van der Waals surface area contributed by atoms with Gasteiger partial charge in [0.15, 0.2) is 0 Å². The highest BCUT2D eigenvalue weighted by Gasteiger charge is 2.28. The van der Waals surface area contributed by atoms with Crippen LogP contribution in [0.15, 0.2) is 47.4 Å². The van der Waals surface area contributed by atoms with Crippen LogP contribution in [-0.4, -0.2) is 33.0 Å². The lowest BCUT2D eigenvalue weighted by Crippen LogP contribution is -2.31. The maximum Gasteiger partial charge on any atom is 0.307 e. The van der Waals surface area contributed by atoms with E-state index in [0.717, 1.165) is 5.56 Å². The van der Waals surface area contributed by atoms with Crippen LogP contribution in [0.25, 0.3) is 0 Å². The summed E-state index contributed by atoms with van der Waals surface area (Å²) >= 11 is 0. The number of carbonyl (C=O) groups is 1. The number of hydrogen-bond acceptors (Lipinski definition) is 7. The fourth-order valence-electron chi connectivity index (χ4n) is 2.98. The summed E-state index contributed by atoms with van der Waals surface area (Å²) in [6, 6.07) is 9.25. The van der Waals surface area contributed by atoms with Gasteiger partial charge < -0.3 is 9.47 Å². The molecule has 0 unspecified atom stereocenters. The number of rotatable bonds is 10. The van der Waals surface area contributed by atoms with E-state index in [1.807, 2.05) is 13.8 Å². The smallest absolute Gasteiger partial charge is 0.307 e. The quantitative estimate of drug-likeness (QED) is 0.332. The van der Waals surface area contributed by atoms with Gasteiger partial charge in [-0.2, -0.15) is 0 Å². The third-order valence-corrected chi connectivity index (χ3v) is 6.09. The van der Waals surface area contributed by atoms with Gasteiger partial charge in [-0.05, 0) is 36.1 Å². The maximum absolute atomic E-state index is 13.3. The highest BCUT2D eigenvalue weighted by atomic mass is 32.2. The number of nitro groups is 1. The van der Waals surface area contributed by atoms with Gasteiger partial charge in [-0.1, -0.05) is 32.0 Å². The number of hydrogen-bond donors (Lipinski definition) is 1. The number of benzene rings is 2. The van der Waals surface area contributed by atoms with Crippen molar-refractivity contribution in [3.63, 3.8) is 0 Å². The molecule has 0 saturated carbocycles. The fourth-order valence-corrected chi connectivity index (χ4v) is 4.41. The number of esters is 1. The molecule has 31 heavy (non-hydrogen) atoms. The Labute approximate surface area is 181 Å². The number of nitro benzene ring substituents is 1. The first-order valence-corrected chi connectivity index (χ1v) is 11.2. The van der Waals surface area contributed by atoms with E-state index in [2.05, 4.69) is 4.72 Å². The maximum atomic E-state index is 13.3. The molecule has 2 rings (SSSR count). The molecule has 10 heteroatoms. The largest absolute Gasteiger partial charge is 0.495 e. The van der Waals surface area contributed by atoms with Crippen LogP contribution in [-0.2, 0) is 19.6 Å². The average molecular weight is 451 g/mol. The zero-order valence-corrected chi connectivity index (χ0v) is 18.6. The van der Waals surface area contributed by atoms with Crippen molar-refractivity contribution in [2.45, 2.75) is 44.0 Å². The van der Waals surface area contributed by atoms with Gasteiger partial charge in [-0.15, -0.1) is 0 Å². The molecule has 0 aliphatic carbocycles. The van der Waals surface area contributed by atoms with Gasteiger partial charge in [0.1, 0.15) is 10.6 Å². The van der Waals surface area contributed by atoms with E-state index in [9.17, 15) is 23.3 Å². The summed E-state index contributed by atoms with van der Waals surface area (Å²) in [4.78, 5) is 22.6. The number of sulfonamides is 1. The summed E-state index contributed by atoms with van der Waals surface area (Å²) in [5.74, 6) is -0.414. The lowest BCUT2D eigenvalue weighted by atomic mass is 10.0. The van der Waals surface area contributed by atoms with Crippen LogP contribution in [0.2, 0.25) is 0 Å². The van der Waals surface area contributed by atoms with Gasteiger partial charge in [0.2, 0.25) is 10.0 Å². The molecule has 1 N–H and O–H groups in total. The molecule has 0 saturated heterocycles. The molecule has 0 aromatic heterocycles. The second kappa shape index (κ2) is 10.4. The summed E-state index contributed by atoms with van der Waals surface area (Å²) in [6.45, 7) is 5.61. The molecule has 0 heterocycles. The van der Waals surface area contributed by atoms with Crippen LogP contribution in [0.4, 0.5) is 5.69 Å². The topological polar surface area (TPSA) is 125 Å². The van der Waals surface area contributed by atoms with Crippen LogP contribution in [0, 0.1) is 10.1 Å². The molecular formula is C21H26N2O7S. The van der Waals surface area contributed by atoms with Crippen LogP contribution in [0.5, 0.6) is 5.75 Å². The van der Waals surface area contributed by atoms with Crippen molar-refractivity contribution in [1.82, 2.24) is 4.72 Å². The molecule has 2 aromatic rings. The van der Waals surface area contributed by atoms with Crippen LogP contribution in [0.1, 0.15) is 50.3 Å². The molecule has 0 aliphatic rings. The van der Waals surface area contributed by atoms with Gasteiger partial charge in [0.05, 0.1) is 31.1 Å². The third kappa shape index (κ3) is 6.25. The van der Waals surface area contributed by atoms with Crippen molar-refractivity contribution in [3.8, 4) is 5.75 Å². The zero-order valence-electron chi connectivity index (χ0n) is 17.8. The number of nitrogens with zero attached hydrogens (tertiary/aromatic N) is 1. The standard InChI is InChI=1S/C21H26N2O7S/c1-5-30-21(24)13-18(16-7-6-8-17(11-16)23(25)26)22-31(27,28)20-12-15(14(2)3)9-10-19(20)29-4/h6-12,14,18,22H,5,13H2,1-4H3/t18-/m1/s1. The summed E-state index contributed by atoms with van der Waals surface area (Å²) in [5.41, 5.74) is 0.841. The molecule has 0 radical (unpaired) electrons. The number of non-ortho nitro benzene ring substituents is 1. The SMILES string of the molecule is CCOC(=O)C[C@@H](NS(=O)(=O)c1cc(C(C)C)ccc1OC)c1cccc([N+](=O)[O-])c1. The highest BCUT2D eigenvalue weighted by Crippen LogP contribution is 2.30. The molecule has 0 bridgehead atoms. The molecule has 168 valence electrons. The van der Waals surface area contributed by atoms with E-state index >= 15 is 0 Å². The second-order valence-electron chi connectivity index (χ2n) is 7.10. The Kier molecular flexibility index (Phi) is 8.12. The van der Waals surface area contributed by atoms with Gasteiger partial charge >= 0.3 is 5.97 Å². The number of ether oxygens (including phenoxy) is 2. The van der Waals surface area contributed by atoms with E-state index < -0.39 is 27.0 Å². The Morgan fingerprint density at radius 1 is 1.16 bits per heavy atom. The molecule has 0 fully saturated rings. The van der Waals surface area contributed by atoms with Crippen molar-refractivity contribution in [3.05, 3.63) is 63.7 Å². The molecule has 1 atom stereocenters.